The van der Waals surface area contributed by atoms with E-state index in [0.717, 1.165) is 0 Å². The van der Waals surface area contributed by atoms with Crippen LogP contribution in [-0.2, 0) is 0 Å². The maximum absolute atomic E-state index is 12.7. The second kappa shape index (κ2) is 5.51. The van der Waals surface area contributed by atoms with Gasteiger partial charge >= 0.3 is 0 Å². The SMILES string of the molecule is O=c1c(Cl)c(-c2ccccc2)n2c(=O)c(Cl)c(-c3ccccc3)n12. The van der Waals surface area contributed by atoms with Crippen molar-refractivity contribution in [2.45, 2.75) is 0 Å². The van der Waals surface area contributed by atoms with E-state index < -0.39 is 11.1 Å². The molecule has 118 valence electrons. The van der Waals surface area contributed by atoms with E-state index in [4.69, 9.17) is 23.2 Å². The molecule has 0 N–H and O–H groups in total. The monoisotopic (exact) mass is 356 g/mol. The molecule has 6 heteroatoms. The summed E-state index contributed by atoms with van der Waals surface area (Å²) in [5, 5.41) is -0.0145. The third kappa shape index (κ3) is 2.00. The van der Waals surface area contributed by atoms with E-state index in [1.807, 2.05) is 36.4 Å². The molecular formula is C18H10Cl2N2O2. The number of aromatic nitrogens is 2. The van der Waals surface area contributed by atoms with Gasteiger partial charge < -0.3 is 0 Å². The minimum atomic E-state index is -0.474. The molecular weight excluding hydrogens is 347 g/mol. The van der Waals surface area contributed by atoms with Gasteiger partial charge in [-0.1, -0.05) is 83.9 Å². The lowest BCUT2D eigenvalue weighted by Crippen LogP contribution is -2.15. The van der Waals surface area contributed by atoms with Gasteiger partial charge in [-0.3, -0.25) is 9.59 Å². The van der Waals surface area contributed by atoms with E-state index in [-0.39, 0.29) is 10.0 Å². The molecule has 0 unspecified atom stereocenters. The highest BCUT2D eigenvalue weighted by Gasteiger charge is 2.25. The Balaban J connectivity index is 2.19. The smallest absolute Gasteiger partial charge is 0.266 e. The van der Waals surface area contributed by atoms with Gasteiger partial charge in [-0.25, -0.2) is 9.03 Å². The van der Waals surface area contributed by atoms with Gasteiger partial charge in [-0.2, -0.15) is 0 Å². The Bertz CT molecular complexity index is 1060. The van der Waals surface area contributed by atoms with Crippen molar-refractivity contribution in [2.75, 3.05) is 0 Å². The molecule has 4 nitrogen and oxygen atoms in total. The molecule has 2 aromatic carbocycles. The molecule has 2 heterocycles. The zero-order valence-electron chi connectivity index (χ0n) is 12.2. The van der Waals surface area contributed by atoms with Gasteiger partial charge in [0.1, 0.15) is 10.0 Å². The maximum Gasteiger partial charge on any atom is 0.291 e. The third-order valence-corrected chi connectivity index (χ3v) is 4.58. The van der Waals surface area contributed by atoms with Crippen LogP contribution in [0.3, 0.4) is 0 Å². The second-order valence-electron chi connectivity index (χ2n) is 5.29. The molecule has 4 aromatic rings. The predicted octanol–water partition coefficient (Wildman–Crippen LogP) is 3.84. The molecule has 0 atom stereocenters. The summed E-state index contributed by atoms with van der Waals surface area (Å²) in [5.41, 5.74) is 1.08. The van der Waals surface area contributed by atoms with Crippen LogP contribution in [0, 0.1) is 0 Å². The molecule has 24 heavy (non-hydrogen) atoms. The van der Waals surface area contributed by atoms with Crippen molar-refractivity contribution < 1.29 is 0 Å². The highest BCUT2D eigenvalue weighted by molar-refractivity contribution is 6.34. The Morgan fingerprint density at radius 3 is 1.25 bits per heavy atom. The standard InChI is InChI=1S/C18H10Cl2N2O2/c19-13-15(11-7-3-1-4-8-11)21-18(24)14(20)16(22(21)17(13)23)12-9-5-2-6-10-12/h1-10H. The van der Waals surface area contributed by atoms with E-state index in [0.29, 0.717) is 22.5 Å². The first-order valence-electron chi connectivity index (χ1n) is 7.20. The lowest BCUT2D eigenvalue weighted by Gasteiger charge is -2.00. The van der Waals surface area contributed by atoms with Crippen LogP contribution in [0.15, 0.2) is 70.3 Å². The molecule has 0 amide bonds. The summed E-state index contributed by atoms with van der Waals surface area (Å²) < 4.78 is 2.48. The molecule has 0 radical (unpaired) electrons. The lowest BCUT2D eigenvalue weighted by atomic mass is 10.1. The van der Waals surface area contributed by atoms with E-state index >= 15 is 0 Å². The Morgan fingerprint density at radius 1 is 0.583 bits per heavy atom. The van der Waals surface area contributed by atoms with Crippen LogP contribution in [0.25, 0.3) is 22.5 Å². The highest BCUT2D eigenvalue weighted by atomic mass is 35.5. The fraction of sp³-hybridized carbons (Fsp3) is 0. The number of rotatable bonds is 2. The molecule has 0 saturated carbocycles. The largest absolute Gasteiger partial charge is 0.291 e. The summed E-state index contributed by atoms with van der Waals surface area (Å²) in [6.07, 6.45) is 0. The summed E-state index contributed by atoms with van der Waals surface area (Å²) in [7, 11) is 0. The molecule has 0 saturated heterocycles. The number of hydrogen-bond donors (Lipinski definition) is 0. The summed E-state index contributed by atoms with van der Waals surface area (Å²) in [6.45, 7) is 0. The molecule has 0 spiro atoms. The van der Waals surface area contributed by atoms with Gasteiger partial charge in [0.15, 0.2) is 0 Å². The van der Waals surface area contributed by atoms with Crippen LogP contribution in [0.2, 0.25) is 10.0 Å². The quantitative estimate of drug-likeness (QED) is 0.547. The molecule has 0 aliphatic heterocycles. The summed E-state index contributed by atoms with van der Waals surface area (Å²) in [6, 6.07) is 18.1. The summed E-state index contributed by atoms with van der Waals surface area (Å²) in [4.78, 5) is 25.4. The topological polar surface area (TPSA) is 43.0 Å². The first-order valence-corrected chi connectivity index (χ1v) is 7.96. The van der Waals surface area contributed by atoms with Crippen LogP contribution in [0.5, 0.6) is 0 Å². The van der Waals surface area contributed by atoms with Gasteiger partial charge in [0.25, 0.3) is 11.1 Å². The van der Waals surface area contributed by atoms with Gasteiger partial charge in [-0.15, -0.1) is 0 Å². The minimum absolute atomic E-state index is 0.00727. The van der Waals surface area contributed by atoms with Crippen LogP contribution in [-0.4, -0.2) is 9.03 Å². The molecule has 0 fully saturated rings. The van der Waals surface area contributed by atoms with Crippen molar-refractivity contribution in [3.8, 4) is 22.5 Å². The Kier molecular flexibility index (Phi) is 3.44. The lowest BCUT2D eigenvalue weighted by molar-refractivity contribution is 0.819. The number of hydrogen-bond acceptors (Lipinski definition) is 2. The van der Waals surface area contributed by atoms with Gasteiger partial charge in [0.05, 0.1) is 11.4 Å². The number of fused-ring (bicyclic) bond motifs is 1. The first-order chi connectivity index (χ1) is 11.6. The average Bonchev–Trinajstić information content (AvgIpc) is 3.02. The third-order valence-electron chi connectivity index (χ3n) is 3.89. The van der Waals surface area contributed by atoms with Crippen molar-refractivity contribution >= 4 is 23.2 Å². The van der Waals surface area contributed by atoms with Gasteiger partial charge in [-0.05, 0) is 0 Å². The maximum atomic E-state index is 12.7. The van der Waals surface area contributed by atoms with Crippen molar-refractivity contribution in [2.24, 2.45) is 0 Å². The van der Waals surface area contributed by atoms with Gasteiger partial charge in [0, 0.05) is 11.1 Å². The van der Waals surface area contributed by atoms with Crippen molar-refractivity contribution in [1.29, 1.82) is 0 Å². The second-order valence-corrected chi connectivity index (χ2v) is 6.05. The van der Waals surface area contributed by atoms with Crippen molar-refractivity contribution in [1.82, 2.24) is 9.03 Å². The Hall–Kier alpha value is -2.56. The molecule has 0 bridgehead atoms. The van der Waals surface area contributed by atoms with E-state index in [9.17, 15) is 9.59 Å². The van der Waals surface area contributed by atoms with E-state index in [1.54, 1.807) is 24.3 Å². The fourth-order valence-electron chi connectivity index (χ4n) is 2.85. The Morgan fingerprint density at radius 2 is 0.917 bits per heavy atom. The number of benzene rings is 2. The predicted molar refractivity (Wildman–Crippen MR) is 95.5 cm³/mol. The van der Waals surface area contributed by atoms with Crippen LogP contribution >= 0.6 is 23.2 Å². The van der Waals surface area contributed by atoms with Crippen LogP contribution in [0.1, 0.15) is 0 Å². The Labute approximate surface area is 146 Å². The molecule has 4 rings (SSSR count). The van der Waals surface area contributed by atoms with Crippen molar-refractivity contribution in [3.05, 3.63) is 91.4 Å². The first kappa shape index (κ1) is 15.0. The minimum Gasteiger partial charge on any atom is -0.266 e. The molecule has 0 aliphatic rings. The van der Waals surface area contributed by atoms with Crippen LogP contribution < -0.4 is 11.1 Å². The average molecular weight is 357 g/mol. The zero-order valence-corrected chi connectivity index (χ0v) is 13.8. The molecule has 2 aromatic heterocycles. The van der Waals surface area contributed by atoms with E-state index in [1.165, 1.54) is 9.03 Å². The zero-order chi connectivity index (χ0) is 16.8. The fourth-order valence-corrected chi connectivity index (χ4v) is 3.39. The number of nitrogens with zero attached hydrogens (tertiary/aromatic N) is 2. The van der Waals surface area contributed by atoms with E-state index in [2.05, 4.69) is 0 Å². The van der Waals surface area contributed by atoms with Gasteiger partial charge in [0.2, 0.25) is 0 Å². The summed E-state index contributed by atoms with van der Waals surface area (Å²) >= 11 is 12.5. The molecule has 0 aliphatic carbocycles. The normalized spacial score (nSPS) is 11.2. The summed E-state index contributed by atoms with van der Waals surface area (Å²) in [5.74, 6) is 0. The van der Waals surface area contributed by atoms with Crippen molar-refractivity contribution in [3.63, 3.8) is 0 Å². The van der Waals surface area contributed by atoms with Crippen LogP contribution in [0.4, 0.5) is 0 Å². The number of halogens is 2. The highest BCUT2D eigenvalue weighted by Crippen LogP contribution is 2.30.